The van der Waals surface area contributed by atoms with Crippen LogP contribution in [-0.4, -0.2) is 12.5 Å². The fourth-order valence-electron chi connectivity index (χ4n) is 1.69. The minimum absolute atomic E-state index is 0.0807. The Morgan fingerprint density at radius 2 is 1.95 bits per heavy atom. The molecule has 0 bridgehead atoms. The molecular formula is C14H13F2NO3. The molecule has 1 aromatic heterocycles. The van der Waals surface area contributed by atoms with E-state index in [4.69, 9.17) is 4.42 Å². The maximum absolute atomic E-state index is 12.0. The van der Waals surface area contributed by atoms with Crippen LogP contribution in [0.3, 0.4) is 0 Å². The van der Waals surface area contributed by atoms with E-state index in [-0.39, 0.29) is 17.7 Å². The summed E-state index contributed by atoms with van der Waals surface area (Å²) in [5.74, 6) is -0.184. The fourth-order valence-corrected chi connectivity index (χ4v) is 1.69. The normalized spacial score (nSPS) is 12.2. The molecule has 6 heteroatoms. The lowest BCUT2D eigenvalue weighted by Gasteiger charge is -2.14. The second kappa shape index (κ2) is 6.18. The topological polar surface area (TPSA) is 51.5 Å². The van der Waals surface area contributed by atoms with Crippen molar-refractivity contribution in [2.24, 2.45) is 0 Å². The number of amides is 1. The van der Waals surface area contributed by atoms with Crippen molar-refractivity contribution in [2.45, 2.75) is 19.6 Å². The van der Waals surface area contributed by atoms with Crippen molar-refractivity contribution in [3.63, 3.8) is 0 Å². The molecule has 1 heterocycles. The summed E-state index contributed by atoms with van der Waals surface area (Å²) >= 11 is 0. The highest BCUT2D eigenvalue weighted by Crippen LogP contribution is 2.19. The van der Waals surface area contributed by atoms with Crippen LogP contribution in [0.25, 0.3) is 0 Å². The van der Waals surface area contributed by atoms with Crippen LogP contribution in [0, 0.1) is 0 Å². The lowest BCUT2D eigenvalue weighted by atomic mass is 10.1. The van der Waals surface area contributed by atoms with E-state index in [2.05, 4.69) is 10.1 Å². The molecule has 0 spiro atoms. The molecule has 4 nitrogen and oxygen atoms in total. The van der Waals surface area contributed by atoms with E-state index in [1.54, 1.807) is 25.1 Å². The molecule has 1 N–H and O–H groups in total. The molecule has 1 atom stereocenters. The first-order chi connectivity index (χ1) is 9.56. The molecular weight excluding hydrogens is 268 g/mol. The molecule has 0 radical (unpaired) electrons. The van der Waals surface area contributed by atoms with Gasteiger partial charge in [0, 0.05) is 0 Å². The quantitative estimate of drug-likeness (QED) is 0.914. The average molecular weight is 281 g/mol. The van der Waals surface area contributed by atoms with Gasteiger partial charge in [-0.3, -0.25) is 4.79 Å². The molecule has 2 aromatic rings. The zero-order valence-electron chi connectivity index (χ0n) is 10.7. The van der Waals surface area contributed by atoms with E-state index < -0.39 is 6.61 Å². The number of alkyl halides is 2. The summed E-state index contributed by atoms with van der Waals surface area (Å²) in [6, 6.07) is 7.40. The summed E-state index contributed by atoms with van der Waals surface area (Å²) in [6.07, 6.45) is 2.76. The van der Waals surface area contributed by atoms with Crippen LogP contribution >= 0.6 is 0 Å². The SMILES string of the molecule is C[C@@H](NC(=O)c1ccoc1)c1ccc(OC(F)F)cc1. The number of carbonyl (C=O) groups is 1. The van der Waals surface area contributed by atoms with Crippen molar-refractivity contribution < 1.29 is 22.7 Å². The van der Waals surface area contributed by atoms with Crippen LogP contribution in [-0.2, 0) is 0 Å². The predicted molar refractivity (Wildman–Crippen MR) is 67.7 cm³/mol. The largest absolute Gasteiger partial charge is 0.472 e. The number of nitrogens with one attached hydrogen (secondary N) is 1. The Balaban J connectivity index is 1.98. The number of hydrogen-bond donors (Lipinski definition) is 1. The predicted octanol–water partition coefficient (Wildman–Crippen LogP) is 3.37. The summed E-state index contributed by atoms with van der Waals surface area (Å²) < 4.78 is 33.1. The van der Waals surface area contributed by atoms with E-state index in [0.29, 0.717) is 5.56 Å². The highest BCUT2D eigenvalue weighted by Gasteiger charge is 2.12. The number of halogens is 2. The van der Waals surface area contributed by atoms with Gasteiger partial charge in [0.25, 0.3) is 5.91 Å². The van der Waals surface area contributed by atoms with Gasteiger partial charge in [0.15, 0.2) is 0 Å². The van der Waals surface area contributed by atoms with Crippen molar-refractivity contribution >= 4 is 5.91 Å². The van der Waals surface area contributed by atoms with E-state index >= 15 is 0 Å². The molecule has 0 aliphatic heterocycles. The first-order valence-corrected chi connectivity index (χ1v) is 5.94. The summed E-state index contributed by atoms with van der Waals surface area (Å²) in [6.45, 7) is -1.06. The second-order valence-electron chi connectivity index (χ2n) is 4.15. The maximum Gasteiger partial charge on any atom is 0.387 e. The minimum Gasteiger partial charge on any atom is -0.472 e. The van der Waals surface area contributed by atoms with Crippen molar-refractivity contribution in [3.8, 4) is 5.75 Å². The van der Waals surface area contributed by atoms with Gasteiger partial charge in [-0.15, -0.1) is 0 Å². The van der Waals surface area contributed by atoms with Crippen LogP contribution in [0.5, 0.6) is 5.75 Å². The Morgan fingerprint density at radius 1 is 1.25 bits per heavy atom. The number of carbonyl (C=O) groups excluding carboxylic acids is 1. The van der Waals surface area contributed by atoms with E-state index in [1.807, 2.05) is 0 Å². The first kappa shape index (κ1) is 14.0. The Bertz CT molecular complexity index is 552. The van der Waals surface area contributed by atoms with Gasteiger partial charge in [0.2, 0.25) is 0 Å². The van der Waals surface area contributed by atoms with Gasteiger partial charge in [-0.2, -0.15) is 8.78 Å². The molecule has 1 aromatic carbocycles. The van der Waals surface area contributed by atoms with Gasteiger partial charge in [-0.1, -0.05) is 12.1 Å². The van der Waals surface area contributed by atoms with E-state index in [9.17, 15) is 13.6 Å². The molecule has 0 aliphatic rings. The van der Waals surface area contributed by atoms with Crippen LogP contribution in [0.2, 0.25) is 0 Å². The van der Waals surface area contributed by atoms with Gasteiger partial charge in [0.1, 0.15) is 12.0 Å². The number of benzene rings is 1. The summed E-state index contributed by atoms with van der Waals surface area (Å²) in [4.78, 5) is 11.8. The Morgan fingerprint density at radius 3 is 2.50 bits per heavy atom. The van der Waals surface area contributed by atoms with E-state index in [1.165, 1.54) is 24.7 Å². The van der Waals surface area contributed by atoms with Crippen LogP contribution in [0.15, 0.2) is 47.3 Å². The molecule has 20 heavy (non-hydrogen) atoms. The number of ether oxygens (including phenoxy) is 1. The third-order valence-corrected chi connectivity index (χ3v) is 2.74. The second-order valence-corrected chi connectivity index (χ2v) is 4.15. The van der Waals surface area contributed by atoms with Crippen molar-refractivity contribution in [3.05, 3.63) is 54.0 Å². The third kappa shape index (κ3) is 3.57. The van der Waals surface area contributed by atoms with Gasteiger partial charge < -0.3 is 14.5 Å². The molecule has 0 aliphatic carbocycles. The van der Waals surface area contributed by atoms with Crippen LogP contribution in [0.4, 0.5) is 8.78 Å². The van der Waals surface area contributed by atoms with E-state index in [0.717, 1.165) is 5.56 Å². The Kier molecular flexibility index (Phi) is 4.34. The number of furan rings is 1. The van der Waals surface area contributed by atoms with Gasteiger partial charge >= 0.3 is 6.61 Å². The number of rotatable bonds is 5. The summed E-state index contributed by atoms with van der Waals surface area (Å²) in [5, 5.41) is 2.77. The monoisotopic (exact) mass is 281 g/mol. The Labute approximate surface area is 114 Å². The zero-order chi connectivity index (χ0) is 14.5. The summed E-state index contributed by atoms with van der Waals surface area (Å²) in [5.41, 5.74) is 1.21. The van der Waals surface area contributed by atoms with Crippen LogP contribution in [0.1, 0.15) is 28.9 Å². The van der Waals surface area contributed by atoms with Crippen LogP contribution < -0.4 is 10.1 Å². The maximum atomic E-state index is 12.0. The standard InChI is InChI=1S/C14H13F2NO3/c1-9(17-13(18)11-6-7-19-8-11)10-2-4-12(5-3-10)20-14(15)16/h2-9,14H,1H3,(H,17,18)/t9-/m1/s1. The number of hydrogen-bond acceptors (Lipinski definition) is 3. The molecule has 0 fully saturated rings. The molecule has 1 amide bonds. The molecule has 106 valence electrons. The molecule has 0 unspecified atom stereocenters. The summed E-state index contributed by atoms with van der Waals surface area (Å²) in [7, 11) is 0. The highest BCUT2D eigenvalue weighted by atomic mass is 19.3. The fraction of sp³-hybridized carbons (Fsp3) is 0.214. The van der Waals surface area contributed by atoms with Gasteiger partial charge in [0.05, 0.1) is 17.9 Å². The van der Waals surface area contributed by atoms with Crippen molar-refractivity contribution in [1.82, 2.24) is 5.32 Å². The van der Waals surface area contributed by atoms with Crippen molar-refractivity contribution in [1.29, 1.82) is 0 Å². The van der Waals surface area contributed by atoms with Gasteiger partial charge in [-0.05, 0) is 30.7 Å². The molecule has 2 rings (SSSR count). The molecule has 0 saturated carbocycles. The Hall–Kier alpha value is -2.37. The average Bonchev–Trinajstić information content (AvgIpc) is 2.92. The lowest BCUT2D eigenvalue weighted by molar-refractivity contribution is -0.0498. The third-order valence-electron chi connectivity index (χ3n) is 2.74. The van der Waals surface area contributed by atoms with Gasteiger partial charge in [-0.25, -0.2) is 0 Å². The van der Waals surface area contributed by atoms with Crippen molar-refractivity contribution in [2.75, 3.05) is 0 Å². The minimum atomic E-state index is -2.85. The first-order valence-electron chi connectivity index (χ1n) is 5.94. The smallest absolute Gasteiger partial charge is 0.387 e. The molecule has 0 saturated heterocycles. The zero-order valence-corrected chi connectivity index (χ0v) is 10.7. The lowest BCUT2D eigenvalue weighted by Crippen LogP contribution is -2.26. The highest BCUT2D eigenvalue weighted by molar-refractivity contribution is 5.94.